The average Bonchev–Trinajstić information content (AvgIpc) is 3.15. The molecule has 3 heteroatoms. The first kappa shape index (κ1) is 15.9. The van der Waals surface area contributed by atoms with Crippen molar-refractivity contribution in [3.05, 3.63) is 95.6 Å². The van der Waals surface area contributed by atoms with Crippen molar-refractivity contribution in [2.45, 2.75) is 0 Å². The van der Waals surface area contributed by atoms with Crippen LogP contribution < -0.4 is 0 Å². The number of benzene rings is 2. The predicted molar refractivity (Wildman–Crippen MR) is 103 cm³/mol. The van der Waals surface area contributed by atoms with E-state index in [9.17, 15) is 4.79 Å². The standard InChI is InChI=1S/C23H16O3/c24-23(25)20-12-8-17(9-13-20)5-4-16-6-10-19(11-7-16)22-15-14-18-2-1-3-21(18)26-22/h1-15H,(H,24,25). The van der Waals surface area contributed by atoms with Gasteiger partial charge in [-0.15, -0.1) is 0 Å². The Kier molecular flexibility index (Phi) is 4.12. The van der Waals surface area contributed by atoms with Crippen LogP contribution >= 0.6 is 0 Å². The fourth-order valence-electron chi connectivity index (χ4n) is 2.81. The van der Waals surface area contributed by atoms with Gasteiger partial charge in [0, 0.05) is 11.1 Å². The molecule has 0 saturated carbocycles. The molecular formula is C23H16O3. The van der Waals surface area contributed by atoms with E-state index in [0.29, 0.717) is 0 Å². The van der Waals surface area contributed by atoms with Gasteiger partial charge in [0.25, 0.3) is 0 Å². The van der Waals surface area contributed by atoms with E-state index in [2.05, 4.69) is 6.07 Å². The Balaban J connectivity index is 1.52. The molecule has 2 aromatic carbocycles. The highest BCUT2D eigenvalue weighted by Gasteiger charge is 2.07. The van der Waals surface area contributed by atoms with Crippen LogP contribution in [0.4, 0.5) is 0 Å². The summed E-state index contributed by atoms with van der Waals surface area (Å²) in [6.07, 6.45) is 3.96. The van der Waals surface area contributed by atoms with Crippen LogP contribution in [-0.2, 0) is 0 Å². The molecule has 1 aliphatic carbocycles. The van der Waals surface area contributed by atoms with Crippen LogP contribution in [0.25, 0.3) is 34.8 Å². The lowest BCUT2D eigenvalue weighted by Crippen LogP contribution is -1.94. The van der Waals surface area contributed by atoms with Gasteiger partial charge < -0.3 is 9.52 Å². The van der Waals surface area contributed by atoms with Gasteiger partial charge in [-0.1, -0.05) is 60.7 Å². The summed E-state index contributed by atoms with van der Waals surface area (Å²) in [6.45, 7) is 0. The van der Waals surface area contributed by atoms with Crippen molar-refractivity contribution in [1.29, 1.82) is 0 Å². The van der Waals surface area contributed by atoms with Gasteiger partial charge >= 0.3 is 5.97 Å². The molecule has 0 aromatic heterocycles. The molecular weight excluding hydrogens is 324 g/mol. The van der Waals surface area contributed by atoms with Crippen molar-refractivity contribution in [2.24, 2.45) is 0 Å². The van der Waals surface area contributed by atoms with Crippen LogP contribution in [-0.4, -0.2) is 11.1 Å². The van der Waals surface area contributed by atoms with Crippen molar-refractivity contribution in [2.75, 3.05) is 0 Å². The molecule has 0 spiro atoms. The number of fused-ring (bicyclic) bond motifs is 1. The highest BCUT2D eigenvalue weighted by Crippen LogP contribution is 2.29. The van der Waals surface area contributed by atoms with Crippen molar-refractivity contribution in [3.63, 3.8) is 0 Å². The van der Waals surface area contributed by atoms with Crippen LogP contribution in [0.1, 0.15) is 21.5 Å². The van der Waals surface area contributed by atoms with Crippen molar-refractivity contribution in [3.8, 4) is 22.6 Å². The summed E-state index contributed by atoms with van der Waals surface area (Å²) in [6, 6.07) is 24.9. The Morgan fingerprint density at radius 1 is 0.692 bits per heavy atom. The van der Waals surface area contributed by atoms with E-state index < -0.39 is 5.97 Å². The summed E-state index contributed by atoms with van der Waals surface area (Å²) in [7, 11) is 0. The topological polar surface area (TPSA) is 50.4 Å². The zero-order chi connectivity index (χ0) is 17.9. The second-order valence-corrected chi connectivity index (χ2v) is 6.03. The first-order valence-electron chi connectivity index (χ1n) is 8.29. The van der Waals surface area contributed by atoms with E-state index in [4.69, 9.17) is 9.52 Å². The molecule has 4 rings (SSSR count). The third-order valence-corrected chi connectivity index (χ3v) is 4.26. The Labute approximate surface area is 151 Å². The first-order chi connectivity index (χ1) is 12.7. The van der Waals surface area contributed by atoms with E-state index in [1.54, 1.807) is 24.3 Å². The third kappa shape index (κ3) is 3.28. The van der Waals surface area contributed by atoms with Crippen LogP contribution in [0.3, 0.4) is 0 Å². The maximum absolute atomic E-state index is 10.9. The summed E-state index contributed by atoms with van der Waals surface area (Å²) in [5, 5.41) is 8.92. The van der Waals surface area contributed by atoms with E-state index >= 15 is 0 Å². The second-order valence-electron chi connectivity index (χ2n) is 6.03. The highest BCUT2D eigenvalue weighted by atomic mass is 16.4. The lowest BCUT2D eigenvalue weighted by molar-refractivity contribution is 0.0697. The molecule has 2 aromatic rings. The molecule has 1 N–H and O–H groups in total. The summed E-state index contributed by atoms with van der Waals surface area (Å²) in [4.78, 5) is 10.9. The number of carbonyl (C=O) groups is 1. The summed E-state index contributed by atoms with van der Waals surface area (Å²) >= 11 is 0. The zero-order valence-electron chi connectivity index (χ0n) is 13.9. The minimum atomic E-state index is -0.915. The minimum absolute atomic E-state index is 0.289. The smallest absolute Gasteiger partial charge is 0.335 e. The molecule has 3 nitrogen and oxygen atoms in total. The molecule has 126 valence electrons. The SMILES string of the molecule is O=C(O)c1ccc(C=Cc2ccc(-c3ccc4cccc-4o3)cc2)cc1. The maximum atomic E-state index is 10.9. The van der Waals surface area contributed by atoms with Gasteiger partial charge in [-0.2, -0.15) is 0 Å². The van der Waals surface area contributed by atoms with Gasteiger partial charge in [0.1, 0.15) is 11.5 Å². The van der Waals surface area contributed by atoms with Gasteiger partial charge in [-0.3, -0.25) is 0 Å². The average molecular weight is 340 g/mol. The molecule has 0 radical (unpaired) electrons. The quantitative estimate of drug-likeness (QED) is 0.469. The van der Waals surface area contributed by atoms with Gasteiger partial charge in [0.15, 0.2) is 0 Å². The number of hydrogen-bond acceptors (Lipinski definition) is 2. The molecule has 2 aliphatic rings. The van der Waals surface area contributed by atoms with Crippen LogP contribution in [0, 0.1) is 0 Å². The van der Waals surface area contributed by atoms with Crippen LogP contribution in [0.2, 0.25) is 0 Å². The number of carboxylic acids is 1. The van der Waals surface area contributed by atoms with Crippen LogP contribution in [0.5, 0.6) is 0 Å². The summed E-state index contributed by atoms with van der Waals surface area (Å²) in [5.74, 6) is 0.807. The fourth-order valence-corrected chi connectivity index (χ4v) is 2.81. The Bertz CT molecular complexity index is 1040. The fraction of sp³-hybridized carbons (Fsp3) is 0. The number of aromatic carboxylic acids is 1. The molecule has 26 heavy (non-hydrogen) atoms. The maximum Gasteiger partial charge on any atom is 0.335 e. The molecule has 0 bridgehead atoms. The highest BCUT2D eigenvalue weighted by molar-refractivity contribution is 5.88. The number of rotatable bonds is 4. The molecule has 0 saturated heterocycles. The summed E-state index contributed by atoms with van der Waals surface area (Å²) in [5.41, 5.74) is 4.43. The van der Waals surface area contributed by atoms with Crippen molar-refractivity contribution < 1.29 is 14.3 Å². The normalized spacial score (nSPS) is 11.2. The lowest BCUT2D eigenvalue weighted by Gasteiger charge is -2.05. The van der Waals surface area contributed by atoms with E-state index in [1.165, 1.54) is 0 Å². The molecule has 0 amide bonds. The largest absolute Gasteiger partial charge is 0.478 e. The molecule has 0 atom stereocenters. The van der Waals surface area contributed by atoms with Gasteiger partial charge in [-0.25, -0.2) is 4.79 Å². The van der Waals surface area contributed by atoms with E-state index in [1.807, 2.05) is 60.7 Å². The van der Waals surface area contributed by atoms with E-state index in [-0.39, 0.29) is 5.56 Å². The predicted octanol–water partition coefficient (Wildman–Crippen LogP) is 5.92. The minimum Gasteiger partial charge on any atom is -0.478 e. The number of carboxylic acid groups (broad SMARTS) is 1. The first-order valence-corrected chi connectivity index (χ1v) is 8.29. The molecule has 0 unspecified atom stereocenters. The molecule has 1 aliphatic heterocycles. The number of hydrogen-bond donors (Lipinski definition) is 1. The van der Waals surface area contributed by atoms with Crippen LogP contribution in [0.15, 0.2) is 83.3 Å². The summed E-state index contributed by atoms with van der Waals surface area (Å²) < 4.78 is 5.92. The molecule has 0 fully saturated rings. The van der Waals surface area contributed by atoms with Gasteiger partial charge in [0.2, 0.25) is 0 Å². The second kappa shape index (κ2) is 6.73. The monoisotopic (exact) mass is 340 g/mol. The van der Waals surface area contributed by atoms with Crippen molar-refractivity contribution in [1.82, 2.24) is 0 Å². The Morgan fingerprint density at radius 2 is 1.23 bits per heavy atom. The van der Waals surface area contributed by atoms with Crippen molar-refractivity contribution >= 4 is 18.1 Å². The lowest BCUT2D eigenvalue weighted by atomic mass is 10.1. The van der Waals surface area contributed by atoms with Gasteiger partial charge in [-0.05, 0) is 41.5 Å². The molecule has 1 heterocycles. The Morgan fingerprint density at radius 3 is 1.88 bits per heavy atom. The Hall–Kier alpha value is -3.59. The van der Waals surface area contributed by atoms with E-state index in [0.717, 1.165) is 33.8 Å². The zero-order valence-corrected chi connectivity index (χ0v) is 13.9. The third-order valence-electron chi connectivity index (χ3n) is 4.26. The van der Waals surface area contributed by atoms with Gasteiger partial charge in [0.05, 0.1) is 5.56 Å².